The van der Waals surface area contributed by atoms with Crippen LogP contribution >= 0.6 is 0 Å². The van der Waals surface area contributed by atoms with Gasteiger partial charge >= 0.3 is 6.09 Å². The number of rotatable bonds is 26. The number of aromatic nitrogens is 2. The number of benzene rings is 2. The lowest BCUT2D eigenvalue weighted by molar-refractivity contribution is -0.202. The third kappa shape index (κ3) is 17.0. The van der Waals surface area contributed by atoms with E-state index in [0.29, 0.717) is 73.3 Å². The molecule has 12 unspecified atom stereocenters. The van der Waals surface area contributed by atoms with Crippen LogP contribution in [0, 0.1) is 46.3 Å². The molecular formula is C66H92N8O12S. The summed E-state index contributed by atoms with van der Waals surface area (Å²) < 4.78 is 36.7. The molecule has 87 heavy (non-hydrogen) atoms. The van der Waals surface area contributed by atoms with Crippen molar-refractivity contribution in [3.05, 3.63) is 120 Å². The number of anilines is 2. The molecule has 15 atom stereocenters. The Morgan fingerprint density at radius 2 is 1.46 bits per heavy atom. The van der Waals surface area contributed by atoms with E-state index < -0.39 is 81.1 Å². The van der Waals surface area contributed by atoms with E-state index in [9.17, 15) is 47.7 Å². The number of aliphatic hydroxyl groups is 3. The molecule has 474 valence electrons. The zero-order chi connectivity index (χ0) is 62.7. The van der Waals surface area contributed by atoms with E-state index in [1.54, 1.807) is 57.4 Å². The number of aliphatic hydroxyl groups excluding tert-OH is 3. The van der Waals surface area contributed by atoms with Gasteiger partial charge in [0.25, 0.3) is 10.1 Å². The average Bonchev–Trinajstić information content (AvgIpc) is 1.69. The summed E-state index contributed by atoms with van der Waals surface area (Å²) in [4.78, 5) is 76.8. The summed E-state index contributed by atoms with van der Waals surface area (Å²) in [6.45, 7) is 12.0. The first-order chi connectivity index (χ1) is 41.3. The fourth-order valence-corrected chi connectivity index (χ4v) is 15.7. The van der Waals surface area contributed by atoms with Crippen LogP contribution in [-0.4, -0.2) is 117 Å². The molecule has 2 heterocycles. The first kappa shape index (κ1) is 66.4. The van der Waals surface area contributed by atoms with E-state index >= 15 is 0 Å². The number of amides is 5. The van der Waals surface area contributed by atoms with E-state index in [1.165, 1.54) is 0 Å². The van der Waals surface area contributed by atoms with Gasteiger partial charge in [-0.2, -0.15) is 8.42 Å². The summed E-state index contributed by atoms with van der Waals surface area (Å²) in [6.07, 6.45) is 7.02. The van der Waals surface area contributed by atoms with Gasteiger partial charge in [0.05, 0.1) is 36.0 Å². The van der Waals surface area contributed by atoms with Gasteiger partial charge in [0.2, 0.25) is 23.6 Å². The molecule has 2 aromatic carbocycles. The zero-order valence-corrected chi connectivity index (χ0v) is 52.0. The van der Waals surface area contributed by atoms with E-state index in [1.807, 2.05) is 66.7 Å². The Labute approximate surface area is 512 Å². The molecule has 21 heteroatoms. The fraction of sp³-hybridized carbons (Fsp3) is 0.591. The van der Waals surface area contributed by atoms with E-state index in [-0.39, 0.29) is 97.6 Å². The van der Waals surface area contributed by atoms with Crippen LogP contribution < -0.4 is 31.9 Å². The van der Waals surface area contributed by atoms with Gasteiger partial charge < -0.3 is 52.0 Å². The van der Waals surface area contributed by atoms with Crippen LogP contribution in [0.2, 0.25) is 0 Å². The molecule has 0 bridgehead atoms. The second kappa shape index (κ2) is 29.2. The minimum Gasteiger partial charge on any atom is -0.444 e. The van der Waals surface area contributed by atoms with Crippen molar-refractivity contribution in [3.8, 4) is 0 Å². The molecule has 4 aliphatic rings. The van der Waals surface area contributed by atoms with Crippen LogP contribution in [0.4, 0.5) is 16.3 Å². The zero-order valence-electron chi connectivity index (χ0n) is 51.2. The Bertz CT molecular complexity index is 3070. The second-order valence-corrected chi connectivity index (χ2v) is 28.0. The molecule has 0 spiro atoms. The van der Waals surface area contributed by atoms with E-state index in [2.05, 4.69) is 57.7 Å². The summed E-state index contributed by atoms with van der Waals surface area (Å²) in [6, 6.07) is 25.5. The minimum atomic E-state index is -4.19. The quantitative estimate of drug-likeness (QED) is 0.0208. The Hall–Kier alpha value is -6.52. The highest BCUT2D eigenvalue weighted by molar-refractivity contribution is 7.85. The SMILES string of the molecule is CC(CCC(=O)NCCS(=O)(=O)O)C1CCC2C3C(O)CC4CC(NC(=O)CCC(=O)N[C@H](CCCCNC(=O)OC(C)(C)C)C(=O)Nc5ccccc5C(Nc5ccccn5)C(c5ccccn5)C(O)c5ccccc5)CC[C@]4(C)C3CC(O)[C@]12C. The molecule has 2 aromatic heterocycles. The van der Waals surface area contributed by atoms with Gasteiger partial charge in [0, 0.05) is 62.2 Å². The van der Waals surface area contributed by atoms with Gasteiger partial charge in [0.15, 0.2) is 0 Å². The Balaban J connectivity index is 0.910. The van der Waals surface area contributed by atoms with Crippen LogP contribution in [-0.2, 0) is 34.0 Å². The van der Waals surface area contributed by atoms with Crippen molar-refractivity contribution in [1.29, 1.82) is 0 Å². The lowest BCUT2D eigenvalue weighted by Crippen LogP contribution is -2.63. The summed E-state index contributed by atoms with van der Waals surface area (Å²) in [5.74, 6) is -1.88. The molecule has 0 saturated heterocycles. The van der Waals surface area contributed by atoms with Crippen LogP contribution in [0.3, 0.4) is 0 Å². The highest BCUT2D eigenvalue weighted by Crippen LogP contribution is 2.68. The maximum atomic E-state index is 14.7. The molecule has 4 aliphatic carbocycles. The van der Waals surface area contributed by atoms with Gasteiger partial charge in [-0.15, -0.1) is 0 Å². The van der Waals surface area contributed by atoms with Crippen molar-refractivity contribution < 1.29 is 57.0 Å². The molecule has 8 rings (SSSR count). The van der Waals surface area contributed by atoms with Crippen LogP contribution in [0.5, 0.6) is 0 Å². The predicted molar refractivity (Wildman–Crippen MR) is 331 cm³/mol. The number of hydrogen-bond acceptors (Lipinski definition) is 14. The van der Waals surface area contributed by atoms with Gasteiger partial charge in [-0.3, -0.25) is 28.7 Å². The number of carbonyl (C=O) groups is 5. The number of unbranched alkanes of at least 4 members (excludes halogenated alkanes) is 1. The molecule has 0 radical (unpaired) electrons. The summed E-state index contributed by atoms with van der Waals surface area (Å²) in [5.41, 5.74) is 0.951. The van der Waals surface area contributed by atoms with E-state index in [0.717, 1.165) is 19.3 Å². The van der Waals surface area contributed by atoms with Gasteiger partial charge in [-0.05, 0) is 179 Å². The lowest BCUT2D eigenvalue weighted by Gasteiger charge is -2.63. The minimum absolute atomic E-state index is 0.00519. The molecule has 4 fully saturated rings. The smallest absolute Gasteiger partial charge is 0.407 e. The monoisotopic (exact) mass is 1220 g/mol. The molecule has 20 nitrogen and oxygen atoms in total. The van der Waals surface area contributed by atoms with Crippen LogP contribution in [0.25, 0.3) is 0 Å². The molecule has 5 amide bonds. The fourth-order valence-electron chi connectivity index (χ4n) is 15.3. The van der Waals surface area contributed by atoms with Crippen molar-refractivity contribution >= 4 is 51.3 Å². The molecule has 4 aromatic rings. The van der Waals surface area contributed by atoms with Crippen molar-refractivity contribution in [2.75, 3.05) is 29.5 Å². The van der Waals surface area contributed by atoms with Gasteiger partial charge in [-0.25, -0.2) is 9.78 Å². The first-order valence-electron chi connectivity index (χ1n) is 31.2. The van der Waals surface area contributed by atoms with Crippen LogP contribution in [0.1, 0.15) is 166 Å². The normalized spacial score (nSPS) is 26.8. The molecular weight excluding hydrogens is 1130 g/mol. The number of hydrogen-bond donors (Lipinski definition) is 10. The third-order valence-corrected chi connectivity index (χ3v) is 20.4. The van der Waals surface area contributed by atoms with Crippen LogP contribution in [0.15, 0.2) is 103 Å². The topological polar surface area (TPSA) is 308 Å². The second-order valence-electron chi connectivity index (χ2n) is 26.4. The average molecular weight is 1220 g/mol. The number of fused-ring (bicyclic) bond motifs is 5. The van der Waals surface area contributed by atoms with E-state index in [4.69, 9.17) is 14.3 Å². The number of para-hydroxylation sites is 1. The predicted octanol–water partition coefficient (Wildman–Crippen LogP) is 8.55. The van der Waals surface area contributed by atoms with Crippen molar-refractivity contribution in [2.24, 2.45) is 46.3 Å². The van der Waals surface area contributed by atoms with Crippen molar-refractivity contribution in [2.45, 2.75) is 179 Å². The third-order valence-electron chi connectivity index (χ3n) is 19.6. The standard InChI is InChI=1S/C66H92N8O12S/c1-41(25-28-55(77)69-36-37-87(83,84)85)46-26-27-47-58-48(40-53(76)66(46,47)6)65(5)32-31-44(38-43(65)39-52(58)75)71-56(78)29-30-57(79)72-51(23-13-16-35-70-63(82)86-64(2,3)4)62(81)73-49-21-11-10-20-45(49)60(74-54-24-14-17-34-68-54)59(50-22-12-15-33-67-50)61(80)42-18-8-7-9-19-42/h7-12,14-15,17-22,24,33-34,41,43-44,46-48,51-53,58-61,75-76,80H,13,16,23,25-32,35-40H2,1-6H3,(H,68,74)(H,69,77)(H,70,82)(H,71,78)(H,72,79)(H,73,81)(H,83,84,85)/t41?,43?,44?,46?,47?,48?,51-,52?,53?,58?,59?,60?,61?,65+,66-/m1/s1. The lowest BCUT2D eigenvalue weighted by atomic mass is 9.43. The summed E-state index contributed by atoms with van der Waals surface area (Å²) in [7, 11) is -4.19. The summed E-state index contributed by atoms with van der Waals surface area (Å²) in [5, 5.41) is 54.7. The molecule has 4 saturated carbocycles. The number of alkyl carbamates (subject to hydrolysis) is 1. The number of ether oxygens (including phenoxy) is 1. The highest BCUT2D eigenvalue weighted by atomic mass is 32.2. The van der Waals surface area contributed by atoms with Gasteiger partial charge in [0.1, 0.15) is 17.5 Å². The summed E-state index contributed by atoms with van der Waals surface area (Å²) >= 11 is 0. The molecule has 0 aliphatic heterocycles. The number of nitrogens with one attached hydrogen (secondary N) is 6. The largest absolute Gasteiger partial charge is 0.444 e. The van der Waals surface area contributed by atoms with Crippen molar-refractivity contribution in [3.63, 3.8) is 0 Å². The first-order valence-corrected chi connectivity index (χ1v) is 32.8. The Morgan fingerprint density at radius 1 is 0.759 bits per heavy atom. The van der Waals surface area contributed by atoms with Crippen molar-refractivity contribution in [1.82, 2.24) is 31.2 Å². The Kier molecular flexibility index (Phi) is 22.3. The maximum Gasteiger partial charge on any atom is 0.407 e. The highest BCUT2D eigenvalue weighted by Gasteiger charge is 2.66. The number of nitrogens with zero attached hydrogens (tertiary/aromatic N) is 2. The maximum absolute atomic E-state index is 14.7. The number of carbonyl (C=O) groups excluding carboxylic acids is 5. The van der Waals surface area contributed by atoms with Gasteiger partial charge in [-0.1, -0.05) is 81.4 Å². The number of pyridine rings is 2. The molecule has 10 N–H and O–H groups in total. The Morgan fingerprint density at radius 3 is 2.16 bits per heavy atom.